The van der Waals surface area contributed by atoms with Crippen LogP contribution in [0, 0.1) is 11.8 Å². The Morgan fingerprint density at radius 2 is 2.00 bits per heavy atom. The maximum atomic E-state index is 9.43. The number of hydrogen-bond acceptors (Lipinski definition) is 3. The van der Waals surface area contributed by atoms with Crippen LogP contribution in [0.5, 0.6) is 0 Å². The second-order valence-electron chi connectivity index (χ2n) is 6.61. The molecule has 0 saturated heterocycles. The van der Waals surface area contributed by atoms with E-state index in [1.54, 1.807) is 0 Å². The van der Waals surface area contributed by atoms with Crippen LogP contribution >= 0.6 is 0 Å². The van der Waals surface area contributed by atoms with Crippen LogP contribution in [0.2, 0.25) is 0 Å². The van der Waals surface area contributed by atoms with Crippen molar-refractivity contribution in [3.05, 3.63) is 0 Å². The van der Waals surface area contributed by atoms with Crippen LogP contribution in [0.3, 0.4) is 0 Å². The lowest BCUT2D eigenvalue weighted by Gasteiger charge is -2.32. The van der Waals surface area contributed by atoms with E-state index in [1.807, 2.05) is 0 Å². The SMILES string of the molecule is CCNC(C)(CO)CCCOC1CCC(C)C(C)C1. The van der Waals surface area contributed by atoms with Crippen LogP contribution in [-0.2, 0) is 4.74 Å². The van der Waals surface area contributed by atoms with Crippen molar-refractivity contribution in [1.82, 2.24) is 5.32 Å². The quantitative estimate of drug-likeness (QED) is 0.667. The average molecular weight is 271 g/mol. The molecule has 1 rings (SSSR count). The minimum Gasteiger partial charge on any atom is -0.394 e. The minimum absolute atomic E-state index is 0.146. The van der Waals surface area contributed by atoms with Gasteiger partial charge in [0.1, 0.15) is 0 Å². The smallest absolute Gasteiger partial charge is 0.0610 e. The largest absolute Gasteiger partial charge is 0.394 e. The van der Waals surface area contributed by atoms with Gasteiger partial charge in [-0.25, -0.2) is 0 Å². The Morgan fingerprint density at radius 3 is 2.58 bits per heavy atom. The van der Waals surface area contributed by atoms with Gasteiger partial charge in [0.15, 0.2) is 0 Å². The second-order valence-corrected chi connectivity index (χ2v) is 6.61. The molecule has 19 heavy (non-hydrogen) atoms. The zero-order chi connectivity index (χ0) is 14.3. The molecule has 3 nitrogen and oxygen atoms in total. The van der Waals surface area contributed by atoms with Crippen LogP contribution < -0.4 is 5.32 Å². The summed E-state index contributed by atoms with van der Waals surface area (Å²) in [6.07, 6.45) is 6.19. The Bertz CT molecular complexity index is 247. The zero-order valence-corrected chi connectivity index (χ0v) is 13.2. The van der Waals surface area contributed by atoms with Crippen molar-refractivity contribution >= 4 is 0 Å². The third kappa shape index (κ3) is 5.80. The van der Waals surface area contributed by atoms with Crippen molar-refractivity contribution in [2.45, 2.75) is 71.4 Å². The lowest BCUT2D eigenvalue weighted by atomic mass is 9.80. The van der Waals surface area contributed by atoms with Crippen LogP contribution in [0.4, 0.5) is 0 Å². The highest BCUT2D eigenvalue weighted by molar-refractivity contribution is 4.81. The highest BCUT2D eigenvalue weighted by atomic mass is 16.5. The molecule has 1 aliphatic carbocycles. The van der Waals surface area contributed by atoms with Crippen LogP contribution in [0.15, 0.2) is 0 Å². The number of rotatable bonds is 8. The predicted molar refractivity (Wildman–Crippen MR) is 80.3 cm³/mol. The molecule has 2 N–H and O–H groups in total. The van der Waals surface area contributed by atoms with Gasteiger partial charge in [-0.3, -0.25) is 0 Å². The first-order valence-electron chi connectivity index (χ1n) is 7.98. The van der Waals surface area contributed by atoms with E-state index in [9.17, 15) is 5.11 Å². The van der Waals surface area contributed by atoms with Crippen molar-refractivity contribution in [2.24, 2.45) is 11.8 Å². The molecular weight excluding hydrogens is 238 g/mol. The second kappa shape index (κ2) is 8.23. The van der Waals surface area contributed by atoms with Gasteiger partial charge in [-0.2, -0.15) is 0 Å². The summed E-state index contributed by atoms with van der Waals surface area (Å²) in [4.78, 5) is 0. The summed E-state index contributed by atoms with van der Waals surface area (Å²) in [6.45, 7) is 10.8. The average Bonchev–Trinajstić information content (AvgIpc) is 2.39. The van der Waals surface area contributed by atoms with Gasteiger partial charge in [0.2, 0.25) is 0 Å². The maximum absolute atomic E-state index is 9.43. The van der Waals surface area contributed by atoms with Crippen molar-refractivity contribution < 1.29 is 9.84 Å². The Morgan fingerprint density at radius 1 is 1.26 bits per heavy atom. The molecule has 0 amide bonds. The number of ether oxygens (including phenoxy) is 1. The van der Waals surface area contributed by atoms with E-state index in [4.69, 9.17) is 4.74 Å². The van der Waals surface area contributed by atoms with Crippen LogP contribution in [0.25, 0.3) is 0 Å². The molecule has 0 bridgehead atoms. The number of aliphatic hydroxyl groups is 1. The van der Waals surface area contributed by atoms with E-state index < -0.39 is 0 Å². The van der Waals surface area contributed by atoms with Gasteiger partial charge in [-0.15, -0.1) is 0 Å². The molecule has 0 spiro atoms. The minimum atomic E-state index is -0.146. The molecule has 1 fully saturated rings. The standard InChI is InChI=1S/C16H33NO2/c1-5-17-16(4,12-18)9-6-10-19-15-8-7-13(2)14(3)11-15/h13-15,17-18H,5-12H2,1-4H3. The monoisotopic (exact) mass is 271 g/mol. The fraction of sp³-hybridized carbons (Fsp3) is 1.00. The number of aliphatic hydroxyl groups excluding tert-OH is 1. The fourth-order valence-electron chi connectivity index (χ4n) is 3.01. The highest BCUT2D eigenvalue weighted by Gasteiger charge is 2.25. The topological polar surface area (TPSA) is 41.5 Å². The summed E-state index contributed by atoms with van der Waals surface area (Å²) >= 11 is 0. The summed E-state index contributed by atoms with van der Waals surface area (Å²) < 4.78 is 6.01. The van der Waals surface area contributed by atoms with E-state index in [-0.39, 0.29) is 12.1 Å². The van der Waals surface area contributed by atoms with Gasteiger partial charge in [0, 0.05) is 12.1 Å². The van der Waals surface area contributed by atoms with Crippen molar-refractivity contribution in [3.8, 4) is 0 Å². The van der Waals surface area contributed by atoms with E-state index in [2.05, 4.69) is 33.0 Å². The van der Waals surface area contributed by atoms with Gasteiger partial charge < -0.3 is 15.2 Å². The lowest BCUT2D eigenvalue weighted by molar-refractivity contribution is -0.00188. The van der Waals surface area contributed by atoms with Gasteiger partial charge >= 0.3 is 0 Å². The van der Waals surface area contributed by atoms with Crippen molar-refractivity contribution in [3.63, 3.8) is 0 Å². The normalized spacial score (nSPS) is 31.1. The van der Waals surface area contributed by atoms with Gasteiger partial charge in [-0.05, 0) is 57.4 Å². The van der Waals surface area contributed by atoms with Crippen molar-refractivity contribution in [1.29, 1.82) is 0 Å². The summed E-state index contributed by atoms with van der Waals surface area (Å²) in [6, 6.07) is 0. The first-order chi connectivity index (χ1) is 9.00. The van der Waals surface area contributed by atoms with Gasteiger partial charge in [0.25, 0.3) is 0 Å². The van der Waals surface area contributed by atoms with Gasteiger partial charge in [-0.1, -0.05) is 20.8 Å². The zero-order valence-electron chi connectivity index (χ0n) is 13.2. The Labute approximate surface area is 119 Å². The summed E-state index contributed by atoms with van der Waals surface area (Å²) in [5, 5.41) is 12.8. The molecule has 4 atom stereocenters. The first kappa shape index (κ1) is 16.9. The van der Waals surface area contributed by atoms with E-state index in [0.717, 1.165) is 37.8 Å². The highest BCUT2D eigenvalue weighted by Crippen LogP contribution is 2.31. The number of nitrogens with one attached hydrogen (secondary N) is 1. The molecule has 0 aromatic rings. The molecule has 0 heterocycles. The number of hydrogen-bond donors (Lipinski definition) is 2. The van der Waals surface area contributed by atoms with E-state index >= 15 is 0 Å². The predicted octanol–water partition coefficient (Wildman–Crippen LogP) is 2.97. The third-order valence-corrected chi connectivity index (χ3v) is 4.73. The first-order valence-corrected chi connectivity index (χ1v) is 7.98. The van der Waals surface area contributed by atoms with Crippen LogP contribution in [0.1, 0.15) is 59.8 Å². The molecule has 0 aliphatic heterocycles. The molecule has 0 aromatic heterocycles. The van der Waals surface area contributed by atoms with Crippen LogP contribution in [-0.4, -0.2) is 36.5 Å². The van der Waals surface area contributed by atoms with E-state index in [0.29, 0.717) is 6.10 Å². The Kier molecular flexibility index (Phi) is 7.33. The van der Waals surface area contributed by atoms with Crippen molar-refractivity contribution in [2.75, 3.05) is 19.8 Å². The Balaban J connectivity index is 2.17. The molecular formula is C16H33NO2. The summed E-state index contributed by atoms with van der Waals surface area (Å²) in [5.74, 6) is 1.65. The fourth-order valence-corrected chi connectivity index (χ4v) is 3.01. The molecule has 0 aromatic carbocycles. The lowest BCUT2D eigenvalue weighted by Crippen LogP contribution is -2.45. The number of likely N-dealkylation sites (N-methyl/N-ethyl adjacent to an activating group) is 1. The molecule has 3 heteroatoms. The molecule has 4 unspecified atom stereocenters. The summed E-state index contributed by atoms with van der Waals surface area (Å²) in [7, 11) is 0. The maximum Gasteiger partial charge on any atom is 0.0610 e. The molecule has 114 valence electrons. The van der Waals surface area contributed by atoms with Gasteiger partial charge in [0.05, 0.1) is 12.7 Å². The Hall–Kier alpha value is -0.120. The summed E-state index contributed by atoms with van der Waals surface area (Å²) in [5.41, 5.74) is -0.146. The van der Waals surface area contributed by atoms with E-state index in [1.165, 1.54) is 19.3 Å². The molecule has 1 aliphatic rings. The molecule has 1 saturated carbocycles. The molecule has 0 radical (unpaired) electrons. The third-order valence-electron chi connectivity index (χ3n) is 4.73.